The zero-order valence-electron chi connectivity index (χ0n) is 16.5. The van der Waals surface area contributed by atoms with E-state index < -0.39 is 10.8 Å². The minimum atomic E-state index is -0.968. The van der Waals surface area contributed by atoms with Gasteiger partial charge in [-0.25, -0.2) is 0 Å². The number of hydrogen-bond acceptors (Lipinski definition) is 3. The molecule has 2 bridgehead atoms. The molecule has 4 aliphatic rings. The summed E-state index contributed by atoms with van der Waals surface area (Å²) < 4.78 is 0.986. The molecule has 0 aromatic heterocycles. The summed E-state index contributed by atoms with van der Waals surface area (Å²) in [5.74, 6) is -0.613. The zero-order chi connectivity index (χ0) is 20.4. The second-order valence-corrected chi connectivity index (χ2v) is 10.4. The first kappa shape index (κ1) is 19.3. The summed E-state index contributed by atoms with van der Waals surface area (Å²) in [4.78, 5) is 26.9. The molecule has 29 heavy (non-hydrogen) atoms. The van der Waals surface area contributed by atoms with Crippen LogP contribution in [0.15, 0.2) is 40.9 Å². The van der Waals surface area contributed by atoms with E-state index in [1.54, 1.807) is 0 Å². The van der Waals surface area contributed by atoms with Crippen molar-refractivity contribution in [3.63, 3.8) is 0 Å². The molecule has 1 aromatic carbocycles. The first-order chi connectivity index (χ1) is 13.9. The normalized spacial score (nSPS) is 37.1. The third kappa shape index (κ3) is 2.30. The van der Waals surface area contributed by atoms with Crippen LogP contribution in [0.4, 0.5) is 0 Å². The van der Waals surface area contributed by atoms with Crippen LogP contribution in [0.1, 0.15) is 31.2 Å². The van der Waals surface area contributed by atoms with Crippen molar-refractivity contribution < 1.29 is 9.59 Å². The van der Waals surface area contributed by atoms with Gasteiger partial charge in [0.25, 0.3) is 0 Å². The van der Waals surface area contributed by atoms with Gasteiger partial charge in [0.15, 0.2) is 0 Å². The molecule has 1 aromatic rings. The van der Waals surface area contributed by atoms with Crippen LogP contribution in [0.2, 0.25) is 0 Å². The third-order valence-electron chi connectivity index (χ3n) is 8.55. The highest BCUT2D eigenvalue weighted by Crippen LogP contribution is 2.82. The highest BCUT2D eigenvalue weighted by Gasteiger charge is 2.83. The quantitative estimate of drug-likeness (QED) is 0.592. The number of halogens is 1. The second-order valence-electron chi connectivity index (χ2n) is 9.47. The predicted octanol–water partition coefficient (Wildman–Crippen LogP) is 2.53. The molecule has 1 spiro atoms. The van der Waals surface area contributed by atoms with Gasteiger partial charge in [-0.3, -0.25) is 9.59 Å². The Balaban J connectivity index is 1.73. The average molecular weight is 458 g/mol. The first-order valence-corrected chi connectivity index (χ1v) is 11.4. The van der Waals surface area contributed by atoms with E-state index in [1.165, 1.54) is 0 Å². The van der Waals surface area contributed by atoms with Crippen molar-refractivity contribution in [1.82, 2.24) is 5.32 Å². The summed E-state index contributed by atoms with van der Waals surface area (Å²) in [7, 11) is 0. The molecule has 1 aliphatic heterocycles. The van der Waals surface area contributed by atoms with Crippen LogP contribution in [-0.4, -0.2) is 24.9 Å². The van der Waals surface area contributed by atoms with Crippen molar-refractivity contribution in [2.45, 2.75) is 32.1 Å². The molecule has 3 fully saturated rings. The fourth-order valence-corrected chi connectivity index (χ4v) is 7.72. The molecule has 2 saturated carbocycles. The molecule has 3 aliphatic carbocycles. The number of benzene rings is 1. The van der Waals surface area contributed by atoms with E-state index in [-0.39, 0.29) is 35.0 Å². The van der Waals surface area contributed by atoms with Gasteiger partial charge in [-0.1, -0.05) is 40.2 Å². The zero-order valence-corrected chi connectivity index (χ0v) is 18.1. The van der Waals surface area contributed by atoms with Crippen molar-refractivity contribution in [3.05, 3.63) is 46.5 Å². The van der Waals surface area contributed by atoms with Gasteiger partial charge < -0.3 is 16.8 Å². The Morgan fingerprint density at radius 1 is 1.00 bits per heavy atom. The van der Waals surface area contributed by atoms with Crippen LogP contribution in [0.3, 0.4) is 0 Å². The Bertz CT molecular complexity index is 888. The lowest BCUT2D eigenvalue weighted by Crippen LogP contribution is -2.64. The molecule has 5 nitrogen and oxygen atoms in total. The molecule has 4 atom stereocenters. The molecule has 154 valence electrons. The van der Waals surface area contributed by atoms with Crippen LogP contribution in [0.5, 0.6) is 0 Å². The van der Waals surface area contributed by atoms with Gasteiger partial charge in [0.1, 0.15) is 0 Å². The second kappa shape index (κ2) is 6.42. The monoisotopic (exact) mass is 457 g/mol. The van der Waals surface area contributed by atoms with Crippen molar-refractivity contribution in [3.8, 4) is 0 Å². The molecular weight excluding hydrogens is 430 g/mol. The van der Waals surface area contributed by atoms with Gasteiger partial charge >= 0.3 is 0 Å². The Labute approximate surface area is 179 Å². The molecule has 0 radical (unpaired) electrons. The Morgan fingerprint density at radius 3 is 2.17 bits per heavy atom. The molecule has 5 rings (SSSR count). The summed E-state index contributed by atoms with van der Waals surface area (Å²) in [6.07, 6.45) is 8.65. The summed E-state index contributed by atoms with van der Waals surface area (Å²) in [5.41, 5.74) is 11.7. The van der Waals surface area contributed by atoms with Gasteiger partial charge in [0.2, 0.25) is 11.8 Å². The molecule has 0 unspecified atom stereocenters. The fraction of sp³-hybridized carbons (Fsp3) is 0.565. The van der Waals surface area contributed by atoms with Gasteiger partial charge in [-0.2, -0.15) is 0 Å². The SMILES string of the molecule is NC(=O)[C@]1(C2CCNCC2)[C@@H]2C=C[C@@H](C23CC3)[C@@]1(Cc1ccc(Br)cc1)C(N)=O. The maximum atomic E-state index is 13.4. The van der Waals surface area contributed by atoms with E-state index in [0.717, 1.165) is 48.8 Å². The minimum Gasteiger partial charge on any atom is -0.369 e. The van der Waals surface area contributed by atoms with Gasteiger partial charge in [0, 0.05) is 4.47 Å². The summed E-state index contributed by atoms with van der Waals surface area (Å²) in [6, 6.07) is 8.02. The van der Waals surface area contributed by atoms with Gasteiger partial charge in [-0.05, 0) is 86.1 Å². The highest BCUT2D eigenvalue weighted by molar-refractivity contribution is 9.10. The molecule has 2 amide bonds. The van der Waals surface area contributed by atoms with E-state index in [0.29, 0.717) is 6.42 Å². The number of nitrogens with one attached hydrogen (secondary N) is 1. The lowest BCUT2D eigenvalue weighted by molar-refractivity contribution is -0.158. The summed E-state index contributed by atoms with van der Waals surface area (Å²) in [6.45, 7) is 1.70. The number of nitrogens with two attached hydrogens (primary N) is 2. The Kier molecular flexibility index (Phi) is 4.27. The van der Waals surface area contributed by atoms with E-state index in [1.807, 2.05) is 24.3 Å². The predicted molar refractivity (Wildman–Crippen MR) is 114 cm³/mol. The van der Waals surface area contributed by atoms with E-state index in [2.05, 4.69) is 33.4 Å². The van der Waals surface area contributed by atoms with Crippen LogP contribution in [-0.2, 0) is 16.0 Å². The molecular formula is C23H28BrN3O2. The Morgan fingerprint density at radius 2 is 1.62 bits per heavy atom. The number of amides is 2. The number of carbonyl (C=O) groups excluding carboxylic acids is 2. The topological polar surface area (TPSA) is 98.2 Å². The summed E-state index contributed by atoms with van der Waals surface area (Å²) >= 11 is 3.49. The molecule has 5 N–H and O–H groups in total. The molecule has 1 heterocycles. The lowest BCUT2D eigenvalue weighted by atomic mass is 9.48. The summed E-state index contributed by atoms with van der Waals surface area (Å²) in [5, 5.41) is 3.40. The average Bonchev–Trinajstić information content (AvgIpc) is 3.37. The molecule has 1 saturated heterocycles. The van der Waals surface area contributed by atoms with Crippen LogP contribution >= 0.6 is 15.9 Å². The standard InChI is InChI=1S/C23H28BrN3O2/c24-16-3-1-14(2-4-16)13-22(19(25)28)17-5-6-18(21(17)9-10-21)23(22,20(26)29)15-7-11-27-12-8-15/h1-6,15,17-18,27H,7-13H2,(H2,25,28)(H2,26,29)/t17-,18+,22-,23-/m0/s1. The number of allylic oxidation sites excluding steroid dienone is 2. The number of rotatable bonds is 5. The maximum Gasteiger partial charge on any atom is 0.225 e. The van der Waals surface area contributed by atoms with Crippen molar-refractivity contribution in [2.24, 2.45) is 45.5 Å². The number of carbonyl (C=O) groups is 2. The van der Waals surface area contributed by atoms with E-state index in [4.69, 9.17) is 11.5 Å². The number of hydrogen-bond donors (Lipinski definition) is 3. The Hall–Kier alpha value is -1.66. The smallest absolute Gasteiger partial charge is 0.225 e. The maximum absolute atomic E-state index is 13.4. The van der Waals surface area contributed by atoms with Gasteiger partial charge in [-0.15, -0.1) is 0 Å². The van der Waals surface area contributed by atoms with Crippen LogP contribution < -0.4 is 16.8 Å². The van der Waals surface area contributed by atoms with Gasteiger partial charge in [0.05, 0.1) is 10.8 Å². The van der Waals surface area contributed by atoms with E-state index >= 15 is 0 Å². The van der Waals surface area contributed by atoms with E-state index in [9.17, 15) is 9.59 Å². The van der Waals surface area contributed by atoms with Crippen molar-refractivity contribution in [2.75, 3.05) is 13.1 Å². The number of piperidine rings is 1. The lowest BCUT2D eigenvalue weighted by Gasteiger charge is -2.53. The first-order valence-electron chi connectivity index (χ1n) is 10.6. The largest absolute Gasteiger partial charge is 0.369 e. The number of primary amides is 2. The molecule has 6 heteroatoms. The fourth-order valence-electron chi connectivity index (χ4n) is 7.45. The minimum absolute atomic E-state index is 0.00962. The van der Waals surface area contributed by atoms with Crippen molar-refractivity contribution >= 4 is 27.7 Å². The van der Waals surface area contributed by atoms with Crippen LogP contribution in [0, 0.1) is 34.0 Å². The highest BCUT2D eigenvalue weighted by atomic mass is 79.9. The van der Waals surface area contributed by atoms with Crippen LogP contribution in [0.25, 0.3) is 0 Å². The van der Waals surface area contributed by atoms with Crippen molar-refractivity contribution in [1.29, 1.82) is 0 Å². The third-order valence-corrected chi connectivity index (χ3v) is 9.08.